The molecule has 0 bridgehead atoms. The fourth-order valence-electron chi connectivity index (χ4n) is 3.32. The lowest BCUT2D eigenvalue weighted by molar-refractivity contribution is -0.122. The monoisotopic (exact) mass is 342 g/mol. The molecule has 4 rings (SSSR count). The number of nitrogens with zero attached hydrogens (tertiary/aromatic N) is 3. The molecular weight excluding hydrogens is 323 g/mol. The standard InChI is InChI=1S/C18H19FN4O2/c19-13-4-6-14(7-5-13)22-11-12(10-17(22)24)18(25)21-16-8-9-20-23(16)15-2-1-3-15/h4-9,12,15H,1-3,10-11H2,(H,21,25). The second kappa shape index (κ2) is 6.31. The third-order valence-electron chi connectivity index (χ3n) is 4.98. The molecule has 1 saturated carbocycles. The predicted molar refractivity (Wildman–Crippen MR) is 90.6 cm³/mol. The molecule has 1 N–H and O–H groups in total. The van der Waals surface area contributed by atoms with Gasteiger partial charge < -0.3 is 10.2 Å². The maximum absolute atomic E-state index is 13.0. The van der Waals surface area contributed by atoms with Crippen molar-refractivity contribution in [1.29, 1.82) is 0 Å². The number of hydrogen-bond donors (Lipinski definition) is 1. The maximum atomic E-state index is 13.0. The molecule has 0 spiro atoms. The van der Waals surface area contributed by atoms with Gasteiger partial charge in [0.1, 0.15) is 11.6 Å². The molecule has 2 fully saturated rings. The van der Waals surface area contributed by atoms with Crippen LogP contribution in [0.25, 0.3) is 0 Å². The van der Waals surface area contributed by atoms with Crippen molar-refractivity contribution in [2.24, 2.45) is 5.92 Å². The van der Waals surface area contributed by atoms with Crippen molar-refractivity contribution in [3.63, 3.8) is 0 Å². The minimum Gasteiger partial charge on any atom is -0.312 e. The van der Waals surface area contributed by atoms with Gasteiger partial charge in [-0.3, -0.25) is 9.59 Å². The molecule has 6 nitrogen and oxygen atoms in total. The van der Waals surface area contributed by atoms with E-state index in [1.165, 1.54) is 23.5 Å². The molecule has 7 heteroatoms. The molecule has 2 heterocycles. The molecule has 25 heavy (non-hydrogen) atoms. The number of benzene rings is 1. The summed E-state index contributed by atoms with van der Waals surface area (Å²) in [6.07, 6.45) is 5.16. The summed E-state index contributed by atoms with van der Waals surface area (Å²) >= 11 is 0. The normalized spacial score (nSPS) is 20.6. The molecule has 1 unspecified atom stereocenters. The Morgan fingerprint density at radius 1 is 1.20 bits per heavy atom. The Bertz CT molecular complexity index is 798. The molecule has 2 aliphatic rings. The van der Waals surface area contributed by atoms with Crippen LogP contribution in [-0.4, -0.2) is 28.1 Å². The van der Waals surface area contributed by atoms with Gasteiger partial charge in [0, 0.05) is 24.7 Å². The lowest BCUT2D eigenvalue weighted by Gasteiger charge is -2.27. The molecular formula is C18H19FN4O2. The van der Waals surface area contributed by atoms with Crippen LogP contribution in [0, 0.1) is 11.7 Å². The zero-order valence-corrected chi connectivity index (χ0v) is 13.7. The van der Waals surface area contributed by atoms with Crippen LogP contribution in [0.1, 0.15) is 31.7 Å². The van der Waals surface area contributed by atoms with Gasteiger partial charge in [-0.15, -0.1) is 0 Å². The van der Waals surface area contributed by atoms with Gasteiger partial charge >= 0.3 is 0 Å². The van der Waals surface area contributed by atoms with Crippen molar-refractivity contribution >= 4 is 23.3 Å². The minimum absolute atomic E-state index is 0.126. The van der Waals surface area contributed by atoms with Crippen molar-refractivity contribution in [3.8, 4) is 0 Å². The molecule has 1 atom stereocenters. The lowest BCUT2D eigenvalue weighted by Crippen LogP contribution is -2.29. The summed E-state index contributed by atoms with van der Waals surface area (Å²) in [4.78, 5) is 26.4. The van der Waals surface area contributed by atoms with E-state index < -0.39 is 5.92 Å². The van der Waals surface area contributed by atoms with Gasteiger partial charge in [0.15, 0.2) is 0 Å². The first-order chi connectivity index (χ1) is 12.1. The van der Waals surface area contributed by atoms with E-state index in [-0.39, 0.29) is 24.1 Å². The van der Waals surface area contributed by atoms with E-state index in [0.717, 1.165) is 12.8 Å². The number of amides is 2. The van der Waals surface area contributed by atoms with Gasteiger partial charge in [-0.2, -0.15) is 5.10 Å². The fourth-order valence-corrected chi connectivity index (χ4v) is 3.32. The first-order valence-electron chi connectivity index (χ1n) is 8.52. The molecule has 1 saturated heterocycles. The molecule has 1 aromatic carbocycles. The smallest absolute Gasteiger partial charge is 0.230 e. The van der Waals surface area contributed by atoms with E-state index in [9.17, 15) is 14.0 Å². The Kier molecular flexibility index (Phi) is 3.99. The van der Waals surface area contributed by atoms with Crippen LogP contribution < -0.4 is 10.2 Å². The minimum atomic E-state index is -0.428. The SMILES string of the molecule is O=C(Nc1ccnn1C1CCC1)C1CC(=O)N(c2ccc(F)cc2)C1. The van der Waals surface area contributed by atoms with Crippen molar-refractivity contribution in [2.75, 3.05) is 16.8 Å². The first kappa shape index (κ1) is 15.8. The number of carbonyl (C=O) groups excluding carboxylic acids is 2. The van der Waals surface area contributed by atoms with Crippen LogP contribution in [0.15, 0.2) is 36.5 Å². The Balaban J connectivity index is 1.44. The van der Waals surface area contributed by atoms with Gasteiger partial charge in [0.2, 0.25) is 11.8 Å². The molecule has 1 aliphatic heterocycles. The topological polar surface area (TPSA) is 67.2 Å². The third kappa shape index (κ3) is 3.01. The number of hydrogen-bond acceptors (Lipinski definition) is 3. The van der Waals surface area contributed by atoms with Gasteiger partial charge in [-0.05, 0) is 43.5 Å². The van der Waals surface area contributed by atoms with Crippen LogP contribution in [0.2, 0.25) is 0 Å². The van der Waals surface area contributed by atoms with Crippen molar-refractivity contribution in [2.45, 2.75) is 31.7 Å². The lowest BCUT2D eigenvalue weighted by atomic mass is 9.93. The highest BCUT2D eigenvalue weighted by Crippen LogP contribution is 2.33. The van der Waals surface area contributed by atoms with E-state index in [4.69, 9.17) is 0 Å². The largest absolute Gasteiger partial charge is 0.312 e. The highest BCUT2D eigenvalue weighted by atomic mass is 19.1. The second-order valence-electron chi connectivity index (χ2n) is 6.62. The van der Waals surface area contributed by atoms with Crippen LogP contribution >= 0.6 is 0 Å². The molecule has 2 amide bonds. The zero-order chi connectivity index (χ0) is 17.4. The molecule has 1 aliphatic carbocycles. The molecule has 2 aromatic rings. The number of halogens is 1. The summed E-state index contributed by atoms with van der Waals surface area (Å²) in [7, 11) is 0. The number of anilines is 2. The van der Waals surface area contributed by atoms with E-state index in [0.29, 0.717) is 24.1 Å². The van der Waals surface area contributed by atoms with E-state index in [1.807, 2.05) is 4.68 Å². The Morgan fingerprint density at radius 2 is 1.96 bits per heavy atom. The molecule has 0 radical (unpaired) electrons. The van der Waals surface area contributed by atoms with Crippen molar-refractivity contribution < 1.29 is 14.0 Å². The van der Waals surface area contributed by atoms with Crippen molar-refractivity contribution in [1.82, 2.24) is 9.78 Å². The summed E-state index contributed by atoms with van der Waals surface area (Å²) in [5.74, 6) is -0.406. The predicted octanol–water partition coefficient (Wildman–Crippen LogP) is 2.74. The number of nitrogens with one attached hydrogen (secondary N) is 1. The highest BCUT2D eigenvalue weighted by Gasteiger charge is 2.35. The van der Waals surface area contributed by atoms with E-state index in [2.05, 4.69) is 10.4 Å². The van der Waals surface area contributed by atoms with Gasteiger partial charge in [-0.1, -0.05) is 0 Å². The fraction of sp³-hybridized carbons (Fsp3) is 0.389. The van der Waals surface area contributed by atoms with E-state index >= 15 is 0 Å². The molecule has 130 valence electrons. The Morgan fingerprint density at radius 3 is 2.64 bits per heavy atom. The zero-order valence-electron chi connectivity index (χ0n) is 13.7. The number of carbonyl (C=O) groups is 2. The van der Waals surface area contributed by atoms with E-state index in [1.54, 1.807) is 24.4 Å². The average molecular weight is 342 g/mol. The Labute approximate surface area is 144 Å². The van der Waals surface area contributed by atoms with Crippen LogP contribution in [0.4, 0.5) is 15.9 Å². The van der Waals surface area contributed by atoms with Crippen LogP contribution in [-0.2, 0) is 9.59 Å². The summed E-state index contributed by atoms with van der Waals surface area (Å²) in [5.41, 5.74) is 0.612. The second-order valence-corrected chi connectivity index (χ2v) is 6.62. The average Bonchev–Trinajstić information content (AvgIpc) is 3.14. The highest BCUT2D eigenvalue weighted by molar-refractivity contribution is 6.03. The first-order valence-corrected chi connectivity index (χ1v) is 8.52. The summed E-state index contributed by atoms with van der Waals surface area (Å²) < 4.78 is 14.9. The maximum Gasteiger partial charge on any atom is 0.230 e. The quantitative estimate of drug-likeness (QED) is 0.929. The van der Waals surface area contributed by atoms with Crippen molar-refractivity contribution in [3.05, 3.63) is 42.3 Å². The van der Waals surface area contributed by atoms with Gasteiger partial charge in [0.25, 0.3) is 0 Å². The number of aromatic nitrogens is 2. The van der Waals surface area contributed by atoms with Gasteiger partial charge in [0.05, 0.1) is 18.2 Å². The van der Waals surface area contributed by atoms with Gasteiger partial charge in [-0.25, -0.2) is 9.07 Å². The Hall–Kier alpha value is -2.70. The summed E-state index contributed by atoms with van der Waals surface area (Å²) in [5, 5.41) is 7.20. The molecule has 1 aromatic heterocycles. The number of rotatable bonds is 4. The summed E-state index contributed by atoms with van der Waals surface area (Å²) in [6.45, 7) is 0.299. The van der Waals surface area contributed by atoms with Crippen LogP contribution in [0.3, 0.4) is 0 Å². The summed E-state index contributed by atoms with van der Waals surface area (Å²) in [6, 6.07) is 7.87. The third-order valence-corrected chi connectivity index (χ3v) is 4.98. The van der Waals surface area contributed by atoms with Crippen LogP contribution in [0.5, 0.6) is 0 Å².